The van der Waals surface area contributed by atoms with Gasteiger partial charge in [-0.2, -0.15) is 5.10 Å². The van der Waals surface area contributed by atoms with E-state index < -0.39 is 0 Å². The van der Waals surface area contributed by atoms with E-state index in [0.29, 0.717) is 19.7 Å². The molecule has 2 heterocycles. The number of ether oxygens (including phenoxy) is 1. The van der Waals surface area contributed by atoms with Crippen LogP contribution < -0.4 is 5.32 Å². The van der Waals surface area contributed by atoms with E-state index in [4.69, 9.17) is 4.74 Å². The molecular formula is C18H24N4O2. The molecule has 1 N–H and O–H groups in total. The number of hydrogen-bond donors (Lipinski definition) is 1. The molecule has 1 atom stereocenters. The third-order valence-electron chi connectivity index (χ3n) is 4.28. The van der Waals surface area contributed by atoms with Gasteiger partial charge in [0.2, 0.25) is 0 Å². The van der Waals surface area contributed by atoms with Gasteiger partial charge in [0.15, 0.2) is 0 Å². The van der Waals surface area contributed by atoms with Gasteiger partial charge in [-0.05, 0) is 23.7 Å². The fourth-order valence-corrected chi connectivity index (χ4v) is 2.79. The lowest BCUT2D eigenvalue weighted by atomic mass is 10.1. The van der Waals surface area contributed by atoms with Crippen LogP contribution >= 0.6 is 0 Å². The summed E-state index contributed by atoms with van der Waals surface area (Å²) in [6, 6.07) is 10.1. The molecule has 0 unspecified atom stereocenters. The van der Waals surface area contributed by atoms with E-state index in [1.54, 1.807) is 6.20 Å². The molecule has 1 aromatic carbocycles. The van der Waals surface area contributed by atoms with Crippen LogP contribution in [-0.2, 0) is 22.6 Å². The number of aromatic nitrogens is 2. The molecule has 1 fully saturated rings. The highest BCUT2D eigenvalue weighted by atomic mass is 16.5. The van der Waals surface area contributed by atoms with Gasteiger partial charge in [-0.25, -0.2) is 0 Å². The summed E-state index contributed by atoms with van der Waals surface area (Å²) in [5.41, 5.74) is 2.26. The fourth-order valence-electron chi connectivity index (χ4n) is 2.79. The molecule has 1 aliphatic rings. The lowest BCUT2D eigenvalue weighted by Gasteiger charge is -2.31. The molecule has 1 saturated heterocycles. The predicted molar refractivity (Wildman–Crippen MR) is 91.5 cm³/mol. The van der Waals surface area contributed by atoms with Crippen molar-refractivity contribution < 1.29 is 9.53 Å². The standard InChI is InChI=1S/C18H24N4O2/c1-2-21-10-11-24-17(14-21)18(23)19-12-15-4-6-16(7-5-15)13-22-9-3-8-20-22/h3-9,17H,2,10-14H2,1H3,(H,19,23)/t17-/m0/s1. The first-order valence-corrected chi connectivity index (χ1v) is 8.41. The van der Waals surface area contributed by atoms with Crippen LogP contribution in [0.3, 0.4) is 0 Å². The van der Waals surface area contributed by atoms with E-state index >= 15 is 0 Å². The Morgan fingerprint density at radius 1 is 1.33 bits per heavy atom. The molecule has 0 spiro atoms. The summed E-state index contributed by atoms with van der Waals surface area (Å²) >= 11 is 0. The molecule has 3 rings (SSSR count). The fraction of sp³-hybridized carbons (Fsp3) is 0.444. The highest BCUT2D eigenvalue weighted by Crippen LogP contribution is 2.08. The minimum absolute atomic E-state index is 0.0335. The Labute approximate surface area is 142 Å². The normalized spacial score (nSPS) is 18.5. The van der Waals surface area contributed by atoms with Crippen molar-refractivity contribution >= 4 is 5.91 Å². The molecule has 0 aliphatic carbocycles. The van der Waals surface area contributed by atoms with E-state index in [1.807, 2.05) is 29.1 Å². The monoisotopic (exact) mass is 328 g/mol. The summed E-state index contributed by atoms with van der Waals surface area (Å²) in [5, 5.41) is 7.17. The molecule has 1 aromatic heterocycles. The van der Waals surface area contributed by atoms with Crippen LogP contribution in [0.15, 0.2) is 42.7 Å². The SMILES string of the molecule is CCN1CCO[C@H](C(=O)NCc2ccc(Cn3cccn3)cc2)C1. The summed E-state index contributed by atoms with van der Waals surface area (Å²) in [6.07, 6.45) is 3.35. The first-order valence-electron chi connectivity index (χ1n) is 8.41. The zero-order valence-electron chi connectivity index (χ0n) is 14.0. The highest BCUT2D eigenvalue weighted by Gasteiger charge is 2.25. The summed E-state index contributed by atoms with van der Waals surface area (Å²) in [7, 11) is 0. The maximum atomic E-state index is 12.2. The van der Waals surface area contributed by atoms with Crippen LogP contribution in [0.5, 0.6) is 0 Å². The van der Waals surface area contributed by atoms with Crippen LogP contribution in [-0.4, -0.2) is 52.9 Å². The molecule has 6 nitrogen and oxygen atoms in total. The van der Waals surface area contributed by atoms with Crippen molar-refractivity contribution in [3.63, 3.8) is 0 Å². The molecule has 0 bridgehead atoms. The second-order valence-corrected chi connectivity index (χ2v) is 5.99. The third-order valence-corrected chi connectivity index (χ3v) is 4.28. The molecule has 0 saturated carbocycles. The van der Waals surface area contributed by atoms with Crippen molar-refractivity contribution in [2.24, 2.45) is 0 Å². The number of carbonyl (C=O) groups excluding carboxylic acids is 1. The maximum Gasteiger partial charge on any atom is 0.250 e. The van der Waals surface area contributed by atoms with Crippen LogP contribution in [0.2, 0.25) is 0 Å². The zero-order valence-corrected chi connectivity index (χ0v) is 14.0. The van der Waals surface area contributed by atoms with Gasteiger partial charge in [-0.1, -0.05) is 31.2 Å². The Morgan fingerprint density at radius 3 is 2.83 bits per heavy atom. The van der Waals surface area contributed by atoms with Crippen molar-refractivity contribution in [2.45, 2.75) is 26.1 Å². The lowest BCUT2D eigenvalue weighted by Crippen LogP contribution is -2.49. The largest absolute Gasteiger partial charge is 0.366 e. The number of amides is 1. The number of likely N-dealkylation sites (N-methyl/N-ethyl adjacent to an activating group) is 1. The molecule has 24 heavy (non-hydrogen) atoms. The van der Waals surface area contributed by atoms with Gasteiger partial charge in [0, 0.05) is 32.0 Å². The minimum atomic E-state index is -0.363. The Morgan fingerprint density at radius 2 is 2.12 bits per heavy atom. The molecular weight excluding hydrogens is 304 g/mol. The van der Waals surface area contributed by atoms with Crippen molar-refractivity contribution in [1.82, 2.24) is 20.0 Å². The summed E-state index contributed by atoms with van der Waals surface area (Å²) in [4.78, 5) is 14.5. The molecule has 6 heteroatoms. The topological polar surface area (TPSA) is 59.4 Å². The summed E-state index contributed by atoms with van der Waals surface area (Å²) < 4.78 is 7.46. The predicted octanol–water partition coefficient (Wildman–Crippen LogP) is 1.27. The average Bonchev–Trinajstić information content (AvgIpc) is 3.14. The Kier molecular flexibility index (Phi) is 5.61. The number of nitrogens with one attached hydrogen (secondary N) is 1. The number of hydrogen-bond acceptors (Lipinski definition) is 4. The molecule has 128 valence electrons. The van der Waals surface area contributed by atoms with Gasteiger partial charge in [-0.15, -0.1) is 0 Å². The molecule has 1 amide bonds. The smallest absolute Gasteiger partial charge is 0.250 e. The molecule has 2 aromatic rings. The van der Waals surface area contributed by atoms with E-state index in [0.717, 1.165) is 25.2 Å². The number of morpholine rings is 1. The van der Waals surface area contributed by atoms with Gasteiger partial charge >= 0.3 is 0 Å². The van der Waals surface area contributed by atoms with Crippen LogP contribution in [0.25, 0.3) is 0 Å². The van der Waals surface area contributed by atoms with E-state index in [2.05, 4.69) is 34.4 Å². The van der Waals surface area contributed by atoms with Crippen molar-refractivity contribution in [1.29, 1.82) is 0 Å². The first kappa shape index (κ1) is 16.7. The van der Waals surface area contributed by atoms with Gasteiger partial charge in [0.25, 0.3) is 5.91 Å². The molecule has 0 radical (unpaired) electrons. The second-order valence-electron chi connectivity index (χ2n) is 5.99. The minimum Gasteiger partial charge on any atom is -0.366 e. The van der Waals surface area contributed by atoms with Gasteiger partial charge < -0.3 is 10.1 Å². The Balaban J connectivity index is 1.48. The van der Waals surface area contributed by atoms with Crippen molar-refractivity contribution in [3.05, 3.63) is 53.9 Å². The van der Waals surface area contributed by atoms with Gasteiger partial charge in [0.1, 0.15) is 6.10 Å². The quantitative estimate of drug-likeness (QED) is 0.867. The van der Waals surface area contributed by atoms with Crippen LogP contribution in [0.4, 0.5) is 0 Å². The highest BCUT2D eigenvalue weighted by molar-refractivity contribution is 5.81. The average molecular weight is 328 g/mol. The zero-order chi connectivity index (χ0) is 16.8. The van der Waals surface area contributed by atoms with Crippen molar-refractivity contribution in [2.75, 3.05) is 26.2 Å². The van der Waals surface area contributed by atoms with Gasteiger partial charge in [-0.3, -0.25) is 14.4 Å². The maximum absolute atomic E-state index is 12.2. The van der Waals surface area contributed by atoms with E-state index in [1.165, 1.54) is 5.56 Å². The first-order chi connectivity index (χ1) is 11.7. The van der Waals surface area contributed by atoms with Crippen LogP contribution in [0.1, 0.15) is 18.1 Å². The van der Waals surface area contributed by atoms with E-state index in [-0.39, 0.29) is 12.0 Å². The molecule has 1 aliphatic heterocycles. The number of rotatable bonds is 6. The second kappa shape index (κ2) is 8.08. The Hall–Kier alpha value is -2.18. The summed E-state index contributed by atoms with van der Waals surface area (Å²) in [6.45, 7) is 6.52. The van der Waals surface area contributed by atoms with Crippen molar-refractivity contribution in [3.8, 4) is 0 Å². The number of nitrogens with zero attached hydrogens (tertiary/aromatic N) is 3. The summed E-state index contributed by atoms with van der Waals surface area (Å²) in [5.74, 6) is -0.0335. The number of benzene rings is 1. The van der Waals surface area contributed by atoms with Gasteiger partial charge in [0.05, 0.1) is 13.2 Å². The Bertz CT molecular complexity index is 640. The number of carbonyl (C=O) groups is 1. The lowest BCUT2D eigenvalue weighted by molar-refractivity contribution is -0.138. The van der Waals surface area contributed by atoms with E-state index in [9.17, 15) is 4.79 Å². The van der Waals surface area contributed by atoms with Crippen LogP contribution in [0, 0.1) is 0 Å². The third kappa shape index (κ3) is 4.43.